The largest absolute Gasteiger partial charge is 0.480 e. The summed E-state index contributed by atoms with van der Waals surface area (Å²) < 4.78 is 5.57. The first-order chi connectivity index (χ1) is 9.36. The molecule has 0 aromatic heterocycles. The molecule has 4 unspecified atom stereocenters. The Morgan fingerprint density at radius 1 is 1.20 bits per heavy atom. The number of aliphatic hydroxyl groups excluding tert-OH is 1. The molecular formula is C13H22N2O5. The molecule has 0 aromatic rings. The Morgan fingerprint density at radius 2 is 1.80 bits per heavy atom. The molecule has 0 aromatic carbocycles. The molecular weight excluding hydrogens is 264 g/mol. The van der Waals surface area contributed by atoms with E-state index in [4.69, 9.17) is 9.84 Å². The van der Waals surface area contributed by atoms with Crippen LogP contribution in [0, 0.1) is 0 Å². The van der Waals surface area contributed by atoms with Crippen molar-refractivity contribution in [3.05, 3.63) is 0 Å². The van der Waals surface area contributed by atoms with Crippen LogP contribution in [-0.2, 0) is 14.3 Å². The molecule has 7 nitrogen and oxygen atoms in total. The summed E-state index contributed by atoms with van der Waals surface area (Å²) in [5, 5.41) is 18.7. The monoisotopic (exact) mass is 286 g/mol. The number of likely N-dealkylation sites (tertiary alicyclic amines) is 1. The van der Waals surface area contributed by atoms with Gasteiger partial charge >= 0.3 is 5.97 Å². The minimum absolute atomic E-state index is 0.0119. The van der Waals surface area contributed by atoms with E-state index in [1.165, 1.54) is 0 Å². The molecule has 4 atom stereocenters. The van der Waals surface area contributed by atoms with Crippen molar-refractivity contribution in [1.29, 1.82) is 0 Å². The zero-order valence-corrected chi connectivity index (χ0v) is 11.9. The number of amides is 1. The van der Waals surface area contributed by atoms with Crippen LogP contribution in [0.5, 0.6) is 0 Å². The van der Waals surface area contributed by atoms with Crippen molar-refractivity contribution >= 4 is 11.9 Å². The zero-order valence-electron chi connectivity index (χ0n) is 11.9. The maximum Gasteiger partial charge on any atom is 0.321 e. The summed E-state index contributed by atoms with van der Waals surface area (Å²) in [4.78, 5) is 26.6. The van der Waals surface area contributed by atoms with Crippen LogP contribution in [0.3, 0.4) is 0 Å². The lowest BCUT2D eigenvalue weighted by molar-refractivity contribution is -0.147. The molecule has 2 heterocycles. The smallest absolute Gasteiger partial charge is 0.321 e. The fraction of sp³-hybridized carbons (Fsp3) is 0.846. The lowest BCUT2D eigenvalue weighted by atomic mass is 10.2. The first-order valence-corrected chi connectivity index (χ1v) is 6.95. The highest BCUT2D eigenvalue weighted by Gasteiger charge is 2.38. The van der Waals surface area contributed by atoms with Crippen LogP contribution in [-0.4, -0.2) is 82.4 Å². The average Bonchev–Trinajstić information content (AvgIpc) is 2.69. The van der Waals surface area contributed by atoms with Gasteiger partial charge in [0.1, 0.15) is 6.04 Å². The van der Waals surface area contributed by atoms with Gasteiger partial charge in [-0.25, -0.2) is 0 Å². The number of morpholine rings is 1. The average molecular weight is 286 g/mol. The Bertz CT molecular complexity index is 379. The molecule has 2 fully saturated rings. The predicted molar refractivity (Wildman–Crippen MR) is 70.2 cm³/mol. The molecule has 0 radical (unpaired) electrons. The predicted octanol–water partition coefficient (Wildman–Crippen LogP) is -0.858. The van der Waals surface area contributed by atoms with Crippen LogP contribution < -0.4 is 0 Å². The van der Waals surface area contributed by atoms with E-state index in [1.54, 1.807) is 9.80 Å². The van der Waals surface area contributed by atoms with Gasteiger partial charge in [-0.2, -0.15) is 0 Å². The number of nitrogens with zero attached hydrogens (tertiary/aromatic N) is 2. The van der Waals surface area contributed by atoms with Gasteiger partial charge in [0.2, 0.25) is 5.91 Å². The lowest BCUT2D eigenvalue weighted by Crippen LogP contribution is -2.52. The quantitative estimate of drug-likeness (QED) is 0.702. The van der Waals surface area contributed by atoms with Gasteiger partial charge in [-0.05, 0) is 13.8 Å². The van der Waals surface area contributed by atoms with Gasteiger partial charge in [0.25, 0.3) is 0 Å². The van der Waals surface area contributed by atoms with Crippen LogP contribution in [0.1, 0.15) is 20.3 Å². The van der Waals surface area contributed by atoms with Crippen molar-refractivity contribution in [3.63, 3.8) is 0 Å². The summed E-state index contributed by atoms with van der Waals surface area (Å²) in [6, 6.07) is -0.773. The Hall–Kier alpha value is -1.18. The van der Waals surface area contributed by atoms with Crippen molar-refractivity contribution in [2.45, 2.75) is 44.6 Å². The molecule has 2 aliphatic heterocycles. The Kier molecular flexibility index (Phi) is 4.62. The van der Waals surface area contributed by atoms with Crippen molar-refractivity contribution < 1.29 is 24.5 Å². The highest BCUT2D eigenvalue weighted by atomic mass is 16.5. The number of hydrogen-bond acceptors (Lipinski definition) is 5. The van der Waals surface area contributed by atoms with Gasteiger partial charge < -0.3 is 19.8 Å². The molecule has 7 heteroatoms. The summed E-state index contributed by atoms with van der Waals surface area (Å²) in [6.07, 6.45) is -0.519. The van der Waals surface area contributed by atoms with Gasteiger partial charge in [0.15, 0.2) is 0 Å². The van der Waals surface area contributed by atoms with Gasteiger partial charge in [-0.3, -0.25) is 14.5 Å². The van der Waals surface area contributed by atoms with Gasteiger partial charge in [-0.15, -0.1) is 0 Å². The van der Waals surface area contributed by atoms with E-state index in [-0.39, 0.29) is 37.6 Å². The normalized spacial score (nSPS) is 35.2. The molecule has 2 saturated heterocycles. The lowest BCUT2D eigenvalue weighted by Gasteiger charge is -2.36. The molecule has 0 saturated carbocycles. The zero-order chi connectivity index (χ0) is 14.9. The first kappa shape index (κ1) is 15.2. The second-order valence-corrected chi connectivity index (χ2v) is 5.73. The van der Waals surface area contributed by atoms with Crippen molar-refractivity contribution in [3.8, 4) is 0 Å². The molecule has 2 rings (SSSR count). The number of hydrogen-bond donors (Lipinski definition) is 2. The van der Waals surface area contributed by atoms with E-state index >= 15 is 0 Å². The number of rotatable bonds is 3. The number of carboxylic acids is 1. The van der Waals surface area contributed by atoms with E-state index in [1.807, 2.05) is 13.8 Å². The van der Waals surface area contributed by atoms with E-state index in [0.717, 1.165) is 0 Å². The molecule has 0 spiro atoms. The third-order valence-electron chi connectivity index (χ3n) is 3.78. The van der Waals surface area contributed by atoms with E-state index in [0.29, 0.717) is 13.1 Å². The van der Waals surface area contributed by atoms with Gasteiger partial charge in [-0.1, -0.05) is 0 Å². The van der Waals surface area contributed by atoms with Crippen LogP contribution in [0.15, 0.2) is 0 Å². The third-order valence-corrected chi connectivity index (χ3v) is 3.78. The van der Waals surface area contributed by atoms with Crippen LogP contribution in [0.4, 0.5) is 0 Å². The second kappa shape index (κ2) is 6.07. The number of β-amino-alcohol motifs (C(OH)–C–C–N with tert-alkyl or cyclic N) is 1. The number of carboxylic acid groups (broad SMARTS) is 1. The number of aliphatic hydroxyl groups is 1. The number of carbonyl (C=O) groups is 2. The van der Waals surface area contributed by atoms with Crippen molar-refractivity contribution in [1.82, 2.24) is 9.80 Å². The Labute approximate surface area is 118 Å². The standard InChI is InChI=1S/C13H22N2O5/c1-8-4-15(5-9(2)20-8)12(17)7-14-6-10(16)3-11(14)13(18)19/h8-11,16H,3-7H2,1-2H3,(H,18,19). The van der Waals surface area contributed by atoms with E-state index in [9.17, 15) is 14.7 Å². The minimum Gasteiger partial charge on any atom is -0.480 e. The SMILES string of the molecule is CC1CN(C(=O)CN2CC(O)CC2C(=O)O)CC(C)O1. The number of ether oxygens (including phenoxy) is 1. The summed E-state index contributed by atoms with van der Waals surface area (Å²) in [6.45, 7) is 5.14. The summed E-state index contributed by atoms with van der Waals surface area (Å²) >= 11 is 0. The van der Waals surface area contributed by atoms with Gasteiger partial charge in [0.05, 0.1) is 24.9 Å². The highest BCUT2D eigenvalue weighted by molar-refractivity contribution is 5.80. The highest BCUT2D eigenvalue weighted by Crippen LogP contribution is 2.19. The van der Waals surface area contributed by atoms with Crippen molar-refractivity contribution in [2.75, 3.05) is 26.2 Å². The summed E-state index contributed by atoms with van der Waals surface area (Å²) in [5.74, 6) is -1.09. The summed E-state index contributed by atoms with van der Waals surface area (Å²) in [7, 11) is 0. The maximum atomic E-state index is 12.3. The topological polar surface area (TPSA) is 90.3 Å². The molecule has 114 valence electrons. The molecule has 20 heavy (non-hydrogen) atoms. The van der Waals surface area contributed by atoms with Crippen LogP contribution >= 0.6 is 0 Å². The Morgan fingerprint density at radius 3 is 2.35 bits per heavy atom. The molecule has 1 amide bonds. The van der Waals surface area contributed by atoms with Crippen LogP contribution in [0.25, 0.3) is 0 Å². The molecule has 2 N–H and O–H groups in total. The molecule has 2 aliphatic rings. The Balaban J connectivity index is 1.95. The molecule has 0 aliphatic carbocycles. The first-order valence-electron chi connectivity index (χ1n) is 6.95. The van der Waals surface area contributed by atoms with Crippen molar-refractivity contribution in [2.24, 2.45) is 0 Å². The fourth-order valence-electron chi connectivity index (χ4n) is 2.97. The third kappa shape index (κ3) is 3.47. The second-order valence-electron chi connectivity index (χ2n) is 5.73. The number of aliphatic carboxylic acids is 1. The summed E-state index contributed by atoms with van der Waals surface area (Å²) in [5.41, 5.74) is 0. The van der Waals surface area contributed by atoms with E-state index in [2.05, 4.69) is 0 Å². The fourth-order valence-corrected chi connectivity index (χ4v) is 2.97. The van der Waals surface area contributed by atoms with Gasteiger partial charge in [0, 0.05) is 26.1 Å². The number of carbonyl (C=O) groups excluding carboxylic acids is 1. The maximum absolute atomic E-state index is 12.3. The van der Waals surface area contributed by atoms with E-state index < -0.39 is 18.1 Å². The minimum atomic E-state index is -0.988. The van der Waals surface area contributed by atoms with Crippen LogP contribution in [0.2, 0.25) is 0 Å². The molecule has 0 bridgehead atoms.